The van der Waals surface area contributed by atoms with Crippen LogP contribution in [0.2, 0.25) is 0 Å². The normalized spacial score (nSPS) is 10.0. The van der Waals surface area contributed by atoms with Gasteiger partial charge in [0.25, 0.3) is 0 Å². The largest absolute Gasteiger partial charge is 0.396 e. The summed E-state index contributed by atoms with van der Waals surface area (Å²) in [6.07, 6.45) is 1.13. The number of pyridine rings is 1. The zero-order valence-corrected chi connectivity index (χ0v) is 6.26. The Morgan fingerprint density at radius 3 is 3.00 bits per heavy atom. The van der Waals surface area contributed by atoms with Crippen LogP contribution in [-0.4, -0.2) is 12.0 Å². The third kappa shape index (κ3) is 1.88. The number of anilines is 1. The maximum absolute atomic E-state index is 12.5. The van der Waals surface area contributed by atoms with Gasteiger partial charge >= 0.3 is 0 Å². The first-order valence-electron chi connectivity index (χ1n) is 3.28. The van der Waals surface area contributed by atoms with Crippen molar-refractivity contribution in [1.29, 1.82) is 0 Å². The van der Waals surface area contributed by atoms with Gasteiger partial charge in [-0.25, -0.2) is 4.39 Å². The van der Waals surface area contributed by atoms with Crippen LogP contribution < -0.4 is 11.1 Å². The van der Waals surface area contributed by atoms with E-state index in [0.717, 1.165) is 11.9 Å². The van der Waals surface area contributed by atoms with Crippen LogP contribution in [0.4, 0.5) is 10.1 Å². The highest BCUT2D eigenvalue weighted by atomic mass is 19.1. The summed E-state index contributed by atoms with van der Waals surface area (Å²) < 4.78 is 12.5. The van der Waals surface area contributed by atoms with Gasteiger partial charge in [-0.3, -0.25) is 4.98 Å². The van der Waals surface area contributed by atoms with Crippen LogP contribution in [0.5, 0.6) is 0 Å². The third-order valence-corrected chi connectivity index (χ3v) is 1.30. The van der Waals surface area contributed by atoms with Crippen molar-refractivity contribution in [1.82, 2.24) is 10.3 Å². The van der Waals surface area contributed by atoms with Crippen molar-refractivity contribution in [3.8, 4) is 0 Å². The fraction of sp³-hybridized carbons (Fsp3) is 0.286. The molecule has 11 heavy (non-hydrogen) atoms. The number of hydrogen-bond acceptors (Lipinski definition) is 3. The molecule has 0 atom stereocenters. The van der Waals surface area contributed by atoms with Gasteiger partial charge in [0.15, 0.2) is 5.82 Å². The van der Waals surface area contributed by atoms with E-state index in [2.05, 4.69) is 10.3 Å². The van der Waals surface area contributed by atoms with E-state index in [1.165, 1.54) is 6.07 Å². The number of hydrogen-bond donors (Lipinski definition) is 2. The molecule has 1 heterocycles. The minimum absolute atomic E-state index is 0.144. The Hall–Kier alpha value is -1.16. The second-order valence-corrected chi connectivity index (χ2v) is 2.23. The van der Waals surface area contributed by atoms with Crippen molar-refractivity contribution in [3.05, 3.63) is 23.8 Å². The first kappa shape index (κ1) is 7.94. The summed E-state index contributed by atoms with van der Waals surface area (Å²) in [5.74, 6) is -0.468. The standard InChI is InChI=1S/C7H10FN3/c1-10-3-5-2-7(9)6(8)4-11-5/h2,4,10H,3H2,1H3,(H2,9,11). The van der Waals surface area contributed by atoms with Crippen LogP contribution in [0.25, 0.3) is 0 Å². The zero-order valence-electron chi connectivity index (χ0n) is 6.26. The lowest BCUT2D eigenvalue weighted by atomic mass is 10.3. The summed E-state index contributed by atoms with van der Waals surface area (Å²) in [5, 5.41) is 2.89. The summed E-state index contributed by atoms with van der Waals surface area (Å²) in [7, 11) is 1.79. The number of nitrogens with two attached hydrogens (primary N) is 1. The number of rotatable bonds is 2. The van der Waals surface area contributed by atoms with Crippen LogP contribution >= 0.6 is 0 Å². The van der Waals surface area contributed by atoms with Crippen molar-refractivity contribution >= 4 is 5.69 Å². The molecule has 0 aliphatic carbocycles. The second kappa shape index (κ2) is 3.30. The molecule has 1 rings (SSSR count). The van der Waals surface area contributed by atoms with Crippen LogP contribution in [0.1, 0.15) is 5.69 Å². The summed E-state index contributed by atoms with van der Waals surface area (Å²) in [6.45, 7) is 0.602. The van der Waals surface area contributed by atoms with Crippen molar-refractivity contribution in [2.24, 2.45) is 0 Å². The lowest BCUT2D eigenvalue weighted by molar-refractivity contribution is 0.622. The molecule has 60 valence electrons. The topological polar surface area (TPSA) is 50.9 Å². The van der Waals surface area contributed by atoms with Gasteiger partial charge in [0.05, 0.1) is 17.6 Å². The quantitative estimate of drug-likeness (QED) is 0.654. The maximum atomic E-state index is 12.5. The van der Waals surface area contributed by atoms with Crippen molar-refractivity contribution < 1.29 is 4.39 Å². The monoisotopic (exact) mass is 155 g/mol. The van der Waals surface area contributed by atoms with Crippen LogP contribution in [-0.2, 0) is 6.54 Å². The van der Waals surface area contributed by atoms with E-state index < -0.39 is 5.82 Å². The molecule has 0 radical (unpaired) electrons. The molecule has 1 aromatic rings. The summed E-state index contributed by atoms with van der Waals surface area (Å²) in [5.41, 5.74) is 6.19. The Morgan fingerprint density at radius 2 is 2.45 bits per heavy atom. The van der Waals surface area contributed by atoms with Crippen LogP contribution in [0.15, 0.2) is 12.3 Å². The first-order valence-corrected chi connectivity index (χ1v) is 3.28. The van der Waals surface area contributed by atoms with Gasteiger partial charge in [0.1, 0.15) is 0 Å². The number of halogens is 1. The lowest BCUT2D eigenvalue weighted by Crippen LogP contribution is -2.07. The predicted molar refractivity (Wildman–Crippen MR) is 41.4 cm³/mol. The highest BCUT2D eigenvalue weighted by molar-refractivity contribution is 5.39. The minimum Gasteiger partial charge on any atom is -0.396 e. The molecule has 1 aromatic heterocycles. The third-order valence-electron chi connectivity index (χ3n) is 1.30. The molecule has 3 nitrogen and oxygen atoms in total. The molecule has 0 saturated carbocycles. The highest BCUT2D eigenvalue weighted by Gasteiger charge is 1.98. The SMILES string of the molecule is CNCc1cc(N)c(F)cn1. The van der Waals surface area contributed by atoms with Crippen molar-refractivity contribution in [3.63, 3.8) is 0 Å². The van der Waals surface area contributed by atoms with Gasteiger partial charge in [-0.15, -0.1) is 0 Å². The van der Waals surface area contributed by atoms with Gasteiger partial charge in [0, 0.05) is 6.54 Å². The molecular formula is C7H10FN3. The second-order valence-electron chi connectivity index (χ2n) is 2.23. The minimum atomic E-state index is -0.468. The molecule has 0 aliphatic heterocycles. The predicted octanol–water partition coefficient (Wildman–Crippen LogP) is 0.522. The fourth-order valence-electron chi connectivity index (χ4n) is 0.778. The zero-order chi connectivity index (χ0) is 8.27. The van der Waals surface area contributed by atoms with Crippen LogP contribution in [0, 0.1) is 5.82 Å². The summed E-state index contributed by atoms with van der Waals surface area (Å²) in [4.78, 5) is 3.81. The fourth-order valence-corrected chi connectivity index (χ4v) is 0.778. The molecule has 0 aromatic carbocycles. The van der Waals surface area contributed by atoms with E-state index in [1.807, 2.05) is 0 Å². The van der Waals surface area contributed by atoms with E-state index in [9.17, 15) is 4.39 Å². The summed E-state index contributed by atoms with van der Waals surface area (Å²) in [6, 6.07) is 1.52. The Bertz CT molecular complexity index is 249. The van der Waals surface area contributed by atoms with E-state index in [1.54, 1.807) is 7.05 Å². The molecule has 0 aliphatic rings. The van der Waals surface area contributed by atoms with E-state index in [-0.39, 0.29) is 5.69 Å². The lowest BCUT2D eigenvalue weighted by Gasteiger charge is -2.00. The van der Waals surface area contributed by atoms with E-state index in [4.69, 9.17) is 5.73 Å². The molecule has 0 unspecified atom stereocenters. The first-order chi connectivity index (χ1) is 5.24. The van der Waals surface area contributed by atoms with E-state index in [0.29, 0.717) is 6.54 Å². The average molecular weight is 155 g/mol. The molecule has 0 amide bonds. The van der Waals surface area contributed by atoms with Gasteiger partial charge in [-0.1, -0.05) is 0 Å². The Kier molecular flexibility index (Phi) is 2.38. The summed E-state index contributed by atoms with van der Waals surface area (Å²) >= 11 is 0. The number of nitrogen functional groups attached to an aromatic ring is 1. The van der Waals surface area contributed by atoms with Gasteiger partial charge in [-0.2, -0.15) is 0 Å². The molecule has 4 heteroatoms. The highest BCUT2D eigenvalue weighted by Crippen LogP contribution is 2.08. The van der Waals surface area contributed by atoms with Gasteiger partial charge in [-0.05, 0) is 13.1 Å². The Labute approximate surface area is 64.4 Å². The smallest absolute Gasteiger partial charge is 0.164 e. The number of aromatic nitrogens is 1. The molecule has 0 spiro atoms. The van der Waals surface area contributed by atoms with Crippen LogP contribution in [0.3, 0.4) is 0 Å². The molecule has 0 fully saturated rings. The van der Waals surface area contributed by atoms with Crippen molar-refractivity contribution in [2.45, 2.75) is 6.54 Å². The maximum Gasteiger partial charge on any atom is 0.164 e. The average Bonchev–Trinajstić information content (AvgIpc) is 1.98. The Morgan fingerprint density at radius 1 is 1.73 bits per heavy atom. The van der Waals surface area contributed by atoms with Crippen molar-refractivity contribution in [2.75, 3.05) is 12.8 Å². The molecular weight excluding hydrogens is 145 g/mol. The molecule has 0 bridgehead atoms. The van der Waals surface area contributed by atoms with Gasteiger partial charge in [0.2, 0.25) is 0 Å². The Balaban J connectivity index is 2.86. The number of nitrogens with one attached hydrogen (secondary N) is 1. The molecule has 0 saturated heterocycles. The molecule has 3 N–H and O–H groups in total. The van der Waals surface area contributed by atoms with E-state index >= 15 is 0 Å². The number of nitrogens with zero attached hydrogens (tertiary/aromatic N) is 1. The van der Waals surface area contributed by atoms with Gasteiger partial charge < -0.3 is 11.1 Å².